The molecule has 3 nitrogen and oxygen atoms in total. The van der Waals surface area contributed by atoms with E-state index in [1.54, 1.807) is 0 Å². The van der Waals surface area contributed by atoms with Crippen molar-refractivity contribution < 1.29 is 4.74 Å². The van der Waals surface area contributed by atoms with E-state index < -0.39 is 0 Å². The van der Waals surface area contributed by atoms with Crippen LogP contribution in [0.4, 0.5) is 0 Å². The second kappa shape index (κ2) is 7.05. The molecule has 0 aromatic heterocycles. The third-order valence-corrected chi connectivity index (χ3v) is 4.57. The van der Waals surface area contributed by atoms with Crippen LogP contribution in [-0.4, -0.2) is 50.8 Å². The first-order chi connectivity index (χ1) is 9.11. The van der Waals surface area contributed by atoms with Crippen molar-refractivity contribution >= 4 is 0 Å². The van der Waals surface area contributed by atoms with Crippen LogP contribution in [0, 0.1) is 11.3 Å². The zero-order valence-electron chi connectivity index (χ0n) is 13.1. The van der Waals surface area contributed by atoms with Crippen LogP contribution < -0.4 is 5.32 Å². The van der Waals surface area contributed by atoms with Crippen molar-refractivity contribution in [3.05, 3.63) is 0 Å². The van der Waals surface area contributed by atoms with Gasteiger partial charge in [-0.25, -0.2) is 0 Å². The van der Waals surface area contributed by atoms with E-state index in [9.17, 15) is 0 Å². The van der Waals surface area contributed by atoms with Crippen molar-refractivity contribution in [3.63, 3.8) is 0 Å². The molecule has 1 unspecified atom stereocenters. The van der Waals surface area contributed by atoms with Gasteiger partial charge >= 0.3 is 0 Å². The number of hydrogen-bond donors (Lipinski definition) is 1. The SMILES string of the molecule is CCC(C)(CNC1CC1)CN(C)CCOCC1CC1. The van der Waals surface area contributed by atoms with Gasteiger partial charge < -0.3 is 15.0 Å². The fourth-order valence-corrected chi connectivity index (χ4v) is 2.46. The van der Waals surface area contributed by atoms with Crippen LogP contribution in [-0.2, 0) is 4.74 Å². The lowest BCUT2D eigenvalue weighted by Gasteiger charge is -2.33. The zero-order chi connectivity index (χ0) is 13.7. The fourth-order valence-electron chi connectivity index (χ4n) is 2.46. The first-order valence-electron chi connectivity index (χ1n) is 8.11. The Morgan fingerprint density at radius 1 is 1.26 bits per heavy atom. The summed E-state index contributed by atoms with van der Waals surface area (Å²) >= 11 is 0. The largest absolute Gasteiger partial charge is 0.380 e. The lowest BCUT2D eigenvalue weighted by atomic mass is 9.87. The van der Waals surface area contributed by atoms with Gasteiger partial charge in [0.1, 0.15) is 0 Å². The average molecular weight is 268 g/mol. The molecule has 0 amide bonds. The second-order valence-electron chi connectivity index (χ2n) is 7.08. The van der Waals surface area contributed by atoms with Crippen LogP contribution in [0.2, 0.25) is 0 Å². The van der Waals surface area contributed by atoms with Gasteiger partial charge in [-0.05, 0) is 50.5 Å². The minimum atomic E-state index is 0.397. The Morgan fingerprint density at radius 2 is 2.00 bits per heavy atom. The van der Waals surface area contributed by atoms with Gasteiger partial charge in [0.2, 0.25) is 0 Å². The second-order valence-corrected chi connectivity index (χ2v) is 7.08. The van der Waals surface area contributed by atoms with Gasteiger partial charge in [0.05, 0.1) is 6.61 Å². The number of rotatable bonds is 11. The number of likely N-dealkylation sites (N-methyl/N-ethyl adjacent to an activating group) is 1. The summed E-state index contributed by atoms with van der Waals surface area (Å²) in [5.74, 6) is 0.883. The molecule has 0 radical (unpaired) electrons. The molecule has 2 rings (SSSR count). The summed E-state index contributed by atoms with van der Waals surface area (Å²) in [6, 6.07) is 0.818. The summed E-state index contributed by atoms with van der Waals surface area (Å²) < 4.78 is 5.73. The fraction of sp³-hybridized carbons (Fsp3) is 1.00. The molecule has 1 N–H and O–H groups in total. The predicted octanol–water partition coefficient (Wildman–Crippen LogP) is 2.51. The maximum Gasteiger partial charge on any atom is 0.0593 e. The molecule has 2 aliphatic carbocycles. The van der Waals surface area contributed by atoms with Crippen LogP contribution in [0.15, 0.2) is 0 Å². The van der Waals surface area contributed by atoms with Crippen LogP contribution in [0.1, 0.15) is 46.0 Å². The van der Waals surface area contributed by atoms with E-state index >= 15 is 0 Å². The number of hydrogen-bond acceptors (Lipinski definition) is 3. The van der Waals surface area contributed by atoms with Gasteiger partial charge in [-0.15, -0.1) is 0 Å². The van der Waals surface area contributed by atoms with E-state index in [2.05, 4.69) is 31.1 Å². The van der Waals surface area contributed by atoms with Gasteiger partial charge in [0, 0.05) is 32.3 Å². The molecule has 0 bridgehead atoms. The molecule has 3 heteroatoms. The highest BCUT2D eigenvalue weighted by Gasteiger charge is 2.28. The smallest absolute Gasteiger partial charge is 0.0593 e. The Morgan fingerprint density at radius 3 is 2.58 bits per heavy atom. The molecular weight excluding hydrogens is 236 g/mol. The highest BCUT2D eigenvalue weighted by molar-refractivity contribution is 4.86. The minimum absolute atomic E-state index is 0.397. The molecule has 0 saturated heterocycles. The maximum atomic E-state index is 5.73. The summed E-state index contributed by atoms with van der Waals surface area (Å²) in [7, 11) is 2.23. The molecule has 0 aromatic rings. The summed E-state index contributed by atoms with van der Waals surface area (Å²) in [6.45, 7) is 9.98. The molecule has 2 saturated carbocycles. The summed E-state index contributed by atoms with van der Waals surface area (Å²) in [6.07, 6.45) is 6.77. The van der Waals surface area contributed by atoms with Crippen LogP contribution >= 0.6 is 0 Å². The third-order valence-electron chi connectivity index (χ3n) is 4.57. The molecular formula is C16H32N2O. The van der Waals surface area contributed by atoms with E-state index in [0.29, 0.717) is 5.41 Å². The van der Waals surface area contributed by atoms with Crippen molar-refractivity contribution in [3.8, 4) is 0 Å². The van der Waals surface area contributed by atoms with Crippen molar-refractivity contribution in [1.29, 1.82) is 0 Å². The molecule has 112 valence electrons. The predicted molar refractivity (Wildman–Crippen MR) is 80.5 cm³/mol. The Bertz CT molecular complexity index is 263. The monoisotopic (exact) mass is 268 g/mol. The molecule has 0 aliphatic heterocycles. The van der Waals surface area contributed by atoms with Crippen molar-refractivity contribution in [2.45, 2.75) is 52.0 Å². The van der Waals surface area contributed by atoms with Gasteiger partial charge in [-0.2, -0.15) is 0 Å². The Hall–Kier alpha value is -0.120. The first kappa shape index (κ1) is 15.3. The number of nitrogens with one attached hydrogen (secondary N) is 1. The molecule has 2 fully saturated rings. The van der Waals surface area contributed by atoms with Gasteiger partial charge in [-0.3, -0.25) is 0 Å². The molecule has 0 heterocycles. The van der Waals surface area contributed by atoms with Gasteiger partial charge in [0.15, 0.2) is 0 Å². The van der Waals surface area contributed by atoms with E-state index in [4.69, 9.17) is 4.74 Å². The van der Waals surface area contributed by atoms with Gasteiger partial charge in [0.25, 0.3) is 0 Å². The standard InChI is InChI=1S/C16H32N2O/c1-4-16(2,12-17-15-7-8-15)13-18(3)9-10-19-11-14-5-6-14/h14-15,17H,4-13H2,1-3H3. The highest BCUT2D eigenvalue weighted by atomic mass is 16.5. The van der Waals surface area contributed by atoms with Crippen molar-refractivity contribution in [1.82, 2.24) is 10.2 Å². The van der Waals surface area contributed by atoms with E-state index in [0.717, 1.165) is 44.8 Å². The molecule has 2 aliphatic rings. The minimum Gasteiger partial charge on any atom is -0.380 e. The average Bonchev–Trinajstić information content (AvgIpc) is 3.27. The lowest BCUT2D eigenvalue weighted by Crippen LogP contribution is -2.42. The normalized spacial score (nSPS) is 22.7. The first-order valence-corrected chi connectivity index (χ1v) is 8.11. The number of ether oxygens (including phenoxy) is 1. The molecule has 0 aromatic carbocycles. The maximum absolute atomic E-state index is 5.73. The van der Waals surface area contributed by atoms with E-state index in [1.807, 2.05) is 0 Å². The quantitative estimate of drug-likeness (QED) is 0.583. The number of nitrogens with zero attached hydrogens (tertiary/aromatic N) is 1. The topological polar surface area (TPSA) is 24.5 Å². The van der Waals surface area contributed by atoms with Crippen LogP contribution in [0.25, 0.3) is 0 Å². The third kappa shape index (κ3) is 6.24. The van der Waals surface area contributed by atoms with Crippen molar-refractivity contribution in [2.75, 3.05) is 39.9 Å². The summed E-state index contributed by atoms with van der Waals surface area (Å²) in [4.78, 5) is 2.44. The summed E-state index contributed by atoms with van der Waals surface area (Å²) in [5, 5.41) is 3.69. The zero-order valence-corrected chi connectivity index (χ0v) is 13.1. The van der Waals surface area contributed by atoms with Gasteiger partial charge in [-0.1, -0.05) is 13.8 Å². The lowest BCUT2D eigenvalue weighted by molar-refractivity contribution is 0.0881. The van der Waals surface area contributed by atoms with Crippen molar-refractivity contribution in [2.24, 2.45) is 11.3 Å². The van der Waals surface area contributed by atoms with Crippen LogP contribution in [0.3, 0.4) is 0 Å². The highest BCUT2D eigenvalue weighted by Crippen LogP contribution is 2.28. The van der Waals surface area contributed by atoms with E-state index in [1.165, 1.54) is 32.1 Å². The molecule has 19 heavy (non-hydrogen) atoms. The van der Waals surface area contributed by atoms with E-state index in [-0.39, 0.29) is 0 Å². The Kier molecular flexibility index (Phi) is 5.67. The van der Waals surface area contributed by atoms with Crippen LogP contribution in [0.5, 0.6) is 0 Å². The molecule has 1 atom stereocenters. The Balaban J connectivity index is 1.57. The Labute approximate surface area is 119 Å². The molecule has 0 spiro atoms. The summed E-state index contributed by atoms with van der Waals surface area (Å²) in [5.41, 5.74) is 0.397.